The van der Waals surface area contributed by atoms with Crippen LogP contribution >= 0.6 is 0 Å². The van der Waals surface area contributed by atoms with E-state index < -0.39 is 23.4 Å². The van der Waals surface area contributed by atoms with Crippen molar-refractivity contribution in [2.45, 2.75) is 44.6 Å². The van der Waals surface area contributed by atoms with Crippen molar-refractivity contribution in [3.05, 3.63) is 70.9 Å². The number of halogens is 3. The van der Waals surface area contributed by atoms with Crippen LogP contribution in [0.1, 0.15) is 42.5 Å². The minimum atomic E-state index is -1.27. The molecule has 2 atom stereocenters. The number of carbonyl (C=O) groups excluding carboxylic acids is 1. The van der Waals surface area contributed by atoms with Gasteiger partial charge in [0.2, 0.25) is 5.91 Å². The number of benzene rings is 1. The molecule has 2 aliphatic heterocycles. The third-order valence-corrected chi connectivity index (χ3v) is 6.90. The van der Waals surface area contributed by atoms with E-state index in [0.29, 0.717) is 25.0 Å². The summed E-state index contributed by atoms with van der Waals surface area (Å²) in [6.07, 6.45) is 5.70. The van der Waals surface area contributed by atoms with E-state index in [1.54, 1.807) is 23.4 Å². The van der Waals surface area contributed by atoms with Gasteiger partial charge in [-0.2, -0.15) is 0 Å². The second kappa shape index (κ2) is 8.38. The summed E-state index contributed by atoms with van der Waals surface area (Å²) in [6.45, 7) is 4.36. The molecule has 0 bridgehead atoms. The van der Waals surface area contributed by atoms with Crippen LogP contribution in [0.5, 0.6) is 0 Å². The van der Waals surface area contributed by atoms with Gasteiger partial charge in [-0.3, -0.25) is 4.79 Å². The van der Waals surface area contributed by atoms with Crippen molar-refractivity contribution in [2.24, 2.45) is 0 Å². The number of pyridine rings is 1. The summed E-state index contributed by atoms with van der Waals surface area (Å²) < 4.78 is 41.2. The third-order valence-electron chi connectivity index (χ3n) is 6.90. The maximum atomic E-state index is 14.2. The monoisotopic (exact) mass is 467 g/mol. The summed E-state index contributed by atoms with van der Waals surface area (Å²) in [6, 6.07) is 5.10. The second-order valence-corrected chi connectivity index (χ2v) is 9.13. The van der Waals surface area contributed by atoms with Crippen LogP contribution in [-0.4, -0.2) is 44.4 Å². The Morgan fingerprint density at radius 1 is 1.09 bits per heavy atom. The standard InChI is InChI=1S/C25H24F3N5O/c1-14(17-11-20(27)21(28)12-19(17)26)24(34)33-9-6-25(13-33)5-4-16-10-18(15(2)31-22(16)32-25)23-29-7-3-8-30-23/h3,7-8,10-12,14H,4-6,9,13H2,1-2H3,(H,31,32)/t14?,25-/m0/s1. The van der Waals surface area contributed by atoms with Gasteiger partial charge in [0, 0.05) is 42.7 Å². The average molecular weight is 467 g/mol. The fourth-order valence-electron chi connectivity index (χ4n) is 4.94. The predicted molar refractivity (Wildman–Crippen MR) is 121 cm³/mol. The number of carbonyl (C=O) groups is 1. The lowest BCUT2D eigenvalue weighted by atomic mass is 9.86. The van der Waals surface area contributed by atoms with Crippen LogP contribution in [-0.2, 0) is 11.2 Å². The summed E-state index contributed by atoms with van der Waals surface area (Å²) in [5.74, 6) is -3.16. The molecule has 2 aliphatic rings. The first-order chi connectivity index (χ1) is 16.3. The molecule has 34 heavy (non-hydrogen) atoms. The number of amides is 1. The molecule has 1 N–H and O–H groups in total. The lowest BCUT2D eigenvalue weighted by Gasteiger charge is -2.36. The van der Waals surface area contributed by atoms with E-state index in [9.17, 15) is 18.0 Å². The van der Waals surface area contributed by atoms with Gasteiger partial charge in [0.15, 0.2) is 17.5 Å². The molecule has 0 saturated carbocycles. The van der Waals surface area contributed by atoms with Crippen molar-refractivity contribution in [3.63, 3.8) is 0 Å². The number of rotatable bonds is 3. The summed E-state index contributed by atoms with van der Waals surface area (Å²) in [5.41, 5.74) is 2.30. The van der Waals surface area contributed by atoms with E-state index in [4.69, 9.17) is 4.98 Å². The number of aryl methyl sites for hydroxylation is 2. The Hall–Kier alpha value is -3.49. The van der Waals surface area contributed by atoms with Crippen molar-refractivity contribution in [1.29, 1.82) is 0 Å². The molecule has 4 heterocycles. The summed E-state index contributed by atoms with van der Waals surface area (Å²) >= 11 is 0. The van der Waals surface area contributed by atoms with Crippen LogP contribution < -0.4 is 5.32 Å². The topological polar surface area (TPSA) is 71.0 Å². The molecule has 5 rings (SSSR count). The number of nitrogens with one attached hydrogen (secondary N) is 1. The van der Waals surface area contributed by atoms with Crippen molar-refractivity contribution < 1.29 is 18.0 Å². The molecule has 1 aromatic carbocycles. The number of anilines is 1. The highest BCUT2D eigenvalue weighted by molar-refractivity contribution is 5.84. The zero-order valence-electron chi connectivity index (χ0n) is 18.9. The van der Waals surface area contributed by atoms with Gasteiger partial charge in [-0.1, -0.05) is 0 Å². The van der Waals surface area contributed by atoms with Crippen LogP contribution in [0.4, 0.5) is 19.0 Å². The zero-order chi connectivity index (χ0) is 24.0. The molecule has 3 aromatic rings. The lowest BCUT2D eigenvalue weighted by molar-refractivity contribution is -0.131. The Morgan fingerprint density at radius 3 is 2.59 bits per heavy atom. The Morgan fingerprint density at radius 2 is 1.82 bits per heavy atom. The van der Waals surface area contributed by atoms with Crippen molar-refractivity contribution >= 4 is 11.7 Å². The van der Waals surface area contributed by atoms with Gasteiger partial charge in [0.05, 0.1) is 17.2 Å². The maximum absolute atomic E-state index is 14.2. The highest BCUT2D eigenvalue weighted by Crippen LogP contribution is 2.38. The second-order valence-electron chi connectivity index (χ2n) is 9.13. The van der Waals surface area contributed by atoms with Crippen molar-refractivity contribution in [2.75, 3.05) is 18.4 Å². The minimum Gasteiger partial charge on any atom is -0.363 e. The summed E-state index contributed by atoms with van der Waals surface area (Å²) in [5, 5.41) is 3.55. The first-order valence-corrected chi connectivity index (χ1v) is 11.3. The predicted octanol–water partition coefficient (Wildman–Crippen LogP) is 4.40. The van der Waals surface area contributed by atoms with Crippen LogP contribution in [0.25, 0.3) is 11.4 Å². The van der Waals surface area contributed by atoms with E-state index in [1.807, 2.05) is 6.92 Å². The number of fused-ring (bicyclic) bond motifs is 1. The molecule has 9 heteroatoms. The van der Waals surface area contributed by atoms with E-state index in [0.717, 1.165) is 48.0 Å². The molecule has 2 aromatic heterocycles. The van der Waals surface area contributed by atoms with Gasteiger partial charge in [0.1, 0.15) is 11.6 Å². The van der Waals surface area contributed by atoms with E-state index in [-0.39, 0.29) is 17.0 Å². The number of hydrogen-bond donors (Lipinski definition) is 1. The molecule has 176 valence electrons. The SMILES string of the molecule is Cc1nc2c(cc1-c1ncccn1)CC[C@@]1(CCN(C(=O)C(C)c3cc(F)c(F)cc3F)C1)N2. The molecular formula is C25H24F3N5O. The highest BCUT2D eigenvalue weighted by atomic mass is 19.2. The maximum Gasteiger partial charge on any atom is 0.230 e. The van der Waals surface area contributed by atoms with Gasteiger partial charge in [-0.15, -0.1) is 0 Å². The van der Waals surface area contributed by atoms with Crippen LogP contribution in [0.2, 0.25) is 0 Å². The summed E-state index contributed by atoms with van der Waals surface area (Å²) in [4.78, 5) is 28.2. The Kier molecular flexibility index (Phi) is 5.50. The number of nitrogens with zero attached hydrogens (tertiary/aromatic N) is 4. The van der Waals surface area contributed by atoms with Gasteiger partial charge < -0.3 is 10.2 Å². The average Bonchev–Trinajstić information content (AvgIpc) is 3.23. The fraction of sp³-hybridized carbons (Fsp3) is 0.360. The molecule has 1 amide bonds. The largest absolute Gasteiger partial charge is 0.363 e. The van der Waals surface area contributed by atoms with Crippen molar-refractivity contribution in [3.8, 4) is 11.4 Å². The zero-order valence-corrected chi connectivity index (χ0v) is 18.9. The Balaban J connectivity index is 1.34. The van der Waals surface area contributed by atoms with Gasteiger partial charge in [-0.05, 0) is 56.9 Å². The van der Waals surface area contributed by atoms with Crippen molar-refractivity contribution in [1.82, 2.24) is 19.9 Å². The van der Waals surface area contributed by atoms with E-state index in [2.05, 4.69) is 21.4 Å². The normalized spacial score (nSPS) is 20.2. The first kappa shape index (κ1) is 22.3. The molecule has 1 fully saturated rings. The van der Waals surface area contributed by atoms with Gasteiger partial charge in [0.25, 0.3) is 0 Å². The lowest BCUT2D eigenvalue weighted by Crippen LogP contribution is -2.46. The van der Waals surface area contributed by atoms with E-state index in [1.165, 1.54) is 6.92 Å². The van der Waals surface area contributed by atoms with E-state index >= 15 is 0 Å². The number of aromatic nitrogens is 3. The third kappa shape index (κ3) is 3.89. The molecule has 1 unspecified atom stereocenters. The molecule has 1 saturated heterocycles. The van der Waals surface area contributed by atoms with Crippen LogP contribution in [0.3, 0.4) is 0 Å². The molecular weight excluding hydrogens is 443 g/mol. The number of likely N-dealkylation sites (tertiary alicyclic amines) is 1. The Bertz CT molecular complexity index is 1270. The molecule has 1 spiro atoms. The molecule has 0 radical (unpaired) electrons. The first-order valence-electron chi connectivity index (χ1n) is 11.3. The van der Waals surface area contributed by atoms with Gasteiger partial charge in [-0.25, -0.2) is 28.1 Å². The Labute approximate surface area is 195 Å². The van der Waals surface area contributed by atoms with Crippen LogP contribution in [0, 0.1) is 24.4 Å². The smallest absolute Gasteiger partial charge is 0.230 e. The van der Waals surface area contributed by atoms with Gasteiger partial charge >= 0.3 is 0 Å². The summed E-state index contributed by atoms with van der Waals surface area (Å²) in [7, 11) is 0. The minimum absolute atomic E-state index is 0.139. The fourth-order valence-corrected chi connectivity index (χ4v) is 4.94. The highest BCUT2D eigenvalue weighted by Gasteiger charge is 2.43. The molecule has 6 nitrogen and oxygen atoms in total. The quantitative estimate of drug-likeness (QED) is 0.579. The molecule has 0 aliphatic carbocycles. The van der Waals surface area contributed by atoms with Crippen LogP contribution in [0.15, 0.2) is 36.7 Å². The number of hydrogen-bond acceptors (Lipinski definition) is 5.